The molecule has 7 heteroatoms. The minimum Gasteiger partial charge on any atom is -0.748 e. The predicted molar refractivity (Wildman–Crippen MR) is 75.9 cm³/mol. The summed E-state index contributed by atoms with van der Waals surface area (Å²) in [6.07, 6.45) is 8.43. The molecule has 1 aromatic heterocycles. The van der Waals surface area contributed by atoms with E-state index < -0.39 is 10.1 Å². The van der Waals surface area contributed by atoms with Crippen molar-refractivity contribution in [2.45, 2.75) is 25.8 Å². The highest BCUT2D eigenvalue weighted by Crippen LogP contribution is 2.05. The molecule has 20 heavy (non-hydrogen) atoms. The SMILES string of the molecule is C[n+]1ccn(CCC[N+](C)(C)CCCCS(=O)(=O)[O-])c1. The maximum atomic E-state index is 10.5. The molecule has 0 spiro atoms. The first-order chi connectivity index (χ1) is 9.18. The van der Waals surface area contributed by atoms with Gasteiger partial charge in [0.2, 0.25) is 6.33 Å². The highest BCUT2D eigenvalue weighted by Gasteiger charge is 2.15. The number of rotatable bonds is 9. The maximum Gasteiger partial charge on any atom is 0.243 e. The summed E-state index contributed by atoms with van der Waals surface area (Å²) in [6, 6.07) is 0. The zero-order valence-electron chi connectivity index (χ0n) is 12.7. The van der Waals surface area contributed by atoms with Crippen molar-refractivity contribution in [1.82, 2.24) is 4.57 Å². The van der Waals surface area contributed by atoms with Gasteiger partial charge in [-0.3, -0.25) is 0 Å². The fraction of sp³-hybridized carbons (Fsp3) is 0.769. The van der Waals surface area contributed by atoms with E-state index in [1.165, 1.54) is 0 Å². The molecule has 0 N–H and O–H groups in total. The third kappa shape index (κ3) is 7.62. The van der Waals surface area contributed by atoms with E-state index in [9.17, 15) is 13.0 Å². The lowest BCUT2D eigenvalue weighted by Crippen LogP contribution is -2.41. The molecular formula is C13H26N3O3S+. The fourth-order valence-electron chi connectivity index (χ4n) is 2.25. The van der Waals surface area contributed by atoms with Gasteiger partial charge in [-0.1, -0.05) is 0 Å². The minimum absolute atomic E-state index is 0.243. The summed E-state index contributed by atoms with van der Waals surface area (Å²) in [6.45, 7) is 2.92. The normalized spacial score (nSPS) is 12.8. The van der Waals surface area contributed by atoms with Crippen molar-refractivity contribution in [3.63, 3.8) is 0 Å². The molecule has 0 fully saturated rings. The van der Waals surface area contributed by atoms with Crippen LogP contribution in [0.2, 0.25) is 0 Å². The van der Waals surface area contributed by atoms with E-state index in [0.717, 1.165) is 37.0 Å². The first-order valence-electron chi connectivity index (χ1n) is 6.95. The Bertz CT molecular complexity index is 509. The van der Waals surface area contributed by atoms with E-state index in [0.29, 0.717) is 6.42 Å². The molecule has 0 radical (unpaired) electrons. The molecule has 0 unspecified atom stereocenters. The number of aromatic nitrogens is 2. The van der Waals surface area contributed by atoms with Crippen LogP contribution in [-0.2, 0) is 23.7 Å². The van der Waals surface area contributed by atoms with Gasteiger partial charge >= 0.3 is 0 Å². The third-order valence-corrected chi connectivity index (χ3v) is 4.20. The second kappa shape index (κ2) is 7.19. The molecule has 1 rings (SSSR count). The largest absolute Gasteiger partial charge is 0.748 e. The molecular weight excluding hydrogens is 278 g/mol. The van der Waals surface area contributed by atoms with Gasteiger partial charge in [0.05, 0.1) is 50.9 Å². The lowest BCUT2D eigenvalue weighted by atomic mass is 10.2. The van der Waals surface area contributed by atoms with Crippen LogP contribution in [0.4, 0.5) is 0 Å². The Kier molecular flexibility index (Phi) is 6.16. The van der Waals surface area contributed by atoms with Gasteiger partial charge in [0.25, 0.3) is 0 Å². The Balaban J connectivity index is 2.20. The van der Waals surface area contributed by atoms with Gasteiger partial charge in [0.15, 0.2) is 0 Å². The predicted octanol–water partition coefficient (Wildman–Crippen LogP) is 0.105. The van der Waals surface area contributed by atoms with E-state index in [2.05, 4.69) is 31.2 Å². The smallest absolute Gasteiger partial charge is 0.243 e. The first kappa shape index (κ1) is 17.1. The van der Waals surface area contributed by atoms with Crippen molar-refractivity contribution in [2.75, 3.05) is 32.9 Å². The Morgan fingerprint density at radius 1 is 1.20 bits per heavy atom. The molecule has 0 aromatic carbocycles. The van der Waals surface area contributed by atoms with Gasteiger partial charge in [0, 0.05) is 12.2 Å². The molecule has 0 aliphatic rings. The van der Waals surface area contributed by atoms with Crippen LogP contribution in [0.15, 0.2) is 18.7 Å². The molecule has 6 nitrogen and oxygen atoms in total. The van der Waals surface area contributed by atoms with Crippen LogP contribution in [0, 0.1) is 0 Å². The number of quaternary nitrogens is 1. The van der Waals surface area contributed by atoms with Crippen LogP contribution >= 0.6 is 0 Å². The van der Waals surface area contributed by atoms with Crippen LogP contribution in [-0.4, -0.2) is 55.0 Å². The van der Waals surface area contributed by atoms with E-state index in [1.807, 2.05) is 17.8 Å². The summed E-state index contributed by atoms with van der Waals surface area (Å²) < 4.78 is 36.6. The Labute approximate surface area is 122 Å². The van der Waals surface area contributed by atoms with Crippen LogP contribution in [0.5, 0.6) is 0 Å². The van der Waals surface area contributed by atoms with E-state index >= 15 is 0 Å². The van der Waals surface area contributed by atoms with E-state index in [1.54, 1.807) is 0 Å². The Hall–Kier alpha value is -0.920. The molecule has 1 aromatic rings. The summed E-state index contributed by atoms with van der Waals surface area (Å²) in [5.41, 5.74) is 0. The Morgan fingerprint density at radius 2 is 1.85 bits per heavy atom. The Morgan fingerprint density at radius 3 is 2.40 bits per heavy atom. The van der Waals surface area contributed by atoms with Crippen molar-refractivity contribution in [3.8, 4) is 0 Å². The number of hydrogen-bond acceptors (Lipinski definition) is 3. The van der Waals surface area contributed by atoms with Crippen molar-refractivity contribution in [2.24, 2.45) is 7.05 Å². The number of aryl methyl sites for hydroxylation is 2. The molecule has 0 amide bonds. The number of imidazole rings is 1. The molecule has 0 aliphatic carbocycles. The highest BCUT2D eigenvalue weighted by atomic mass is 32.2. The summed E-state index contributed by atoms with van der Waals surface area (Å²) in [4.78, 5) is 0. The second-order valence-corrected chi connectivity index (χ2v) is 7.55. The van der Waals surface area contributed by atoms with Crippen LogP contribution in [0.3, 0.4) is 0 Å². The fourth-order valence-corrected chi connectivity index (χ4v) is 2.80. The van der Waals surface area contributed by atoms with Gasteiger partial charge < -0.3 is 9.04 Å². The molecule has 0 bridgehead atoms. The minimum atomic E-state index is -4.06. The molecule has 0 saturated heterocycles. The summed E-state index contributed by atoms with van der Waals surface area (Å²) >= 11 is 0. The molecule has 1 heterocycles. The average Bonchev–Trinajstić information content (AvgIpc) is 2.69. The van der Waals surface area contributed by atoms with Gasteiger partial charge in [-0.05, 0) is 12.8 Å². The topological polar surface area (TPSA) is 66.0 Å². The summed E-state index contributed by atoms with van der Waals surface area (Å²) in [7, 11) is 2.23. The van der Waals surface area contributed by atoms with Crippen LogP contribution in [0.25, 0.3) is 0 Å². The average molecular weight is 304 g/mol. The van der Waals surface area contributed by atoms with Crippen molar-refractivity contribution in [3.05, 3.63) is 18.7 Å². The first-order valence-corrected chi connectivity index (χ1v) is 8.52. The van der Waals surface area contributed by atoms with Gasteiger partial charge in [-0.15, -0.1) is 0 Å². The number of nitrogens with zero attached hydrogens (tertiary/aromatic N) is 3. The molecule has 116 valence electrons. The van der Waals surface area contributed by atoms with Gasteiger partial charge in [0.1, 0.15) is 12.4 Å². The number of hydrogen-bond donors (Lipinski definition) is 0. The monoisotopic (exact) mass is 304 g/mol. The summed E-state index contributed by atoms with van der Waals surface area (Å²) in [5.74, 6) is -0.243. The zero-order chi connectivity index (χ0) is 15.2. The third-order valence-electron chi connectivity index (χ3n) is 3.41. The van der Waals surface area contributed by atoms with Crippen molar-refractivity contribution in [1.29, 1.82) is 0 Å². The highest BCUT2D eigenvalue weighted by molar-refractivity contribution is 7.85. The second-order valence-electron chi connectivity index (χ2n) is 6.02. The maximum absolute atomic E-state index is 10.5. The van der Waals surface area contributed by atoms with E-state index in [-0.39, 0.29) is 5.75 Å². The van der Waals surface area contributed by atoms with Crippen LogP contribution < -0.4 is 4.57 Å². The van der Waals surface area contributed by atoms with Gasteiger partial charge in [-0.25, -0.2) is 17.6 Å². The van der Waals surface area contributed by atoms with Crippen LogP contribution in [0.1, 0.15) is 19.3 Å². The molecule has 0 aliphatic heterocycles. The van der Waals surface area contributed by atoms with Gasteiger partial charge in [-0.2, -0.15) is 0 Å². The molecule has 0 atom stereocenters. The molecule has 0 saturated carbocycles. The van der Waals surface area contributed by atoms with Crippen molar-refractivity contribution >= 4 is 10.1 Å². The standard InChI is InChI=1S/C13H26N3O3S/c1-14-8-9-15(13-14)7-6-11-16(2,3)10-4-5-12-20(17,18)19/h8-9,13H,4-7,10-12H2,1-3H3/q+1. The van der Waals surface area contributed by atoms with E-state index in [4.69, 9.17) is 0 Å². The van der Waals surface area contributed by atoms with Crippen molar-refractivity contribution < 1.29 is 22.0 Å². The number of unbranched alkanes of at least 4 members (excludes halogenated alkanes) is 1. The lowest BCUT2D eigenvalue weighted by molar-refractivity contribution is -0.890. The summed E-state index contributed by atoms with van der Waals surface area (Å²) in [5, 5.41) is 0. The quantitative estimate of drug-likeness (QED) is 0.281. The lowest BCUT2D eigenvalue weighted by Gasteiger charge is -2.29. The zero-order valence-corrected chi connectivity index (χ0v) is 13.5.